The molecule has 3 amide bonds. The summed E-state index contributed by atoms with van der Waals surface area (Å²) in [5.41, 5.74) is 3.25. The molecule has 1 aromatic carbocycles. The highest BCUT2D eigenvalue weighted by Crippen LogP contribution is 2.28. The minimum absolute atomic E-state index is 0.00919. The molecule has 0 bridgehead atoms. The number of aromatic amines is 1. The number of piperazine rings is 2. The third-order valence-corrected chi connectivity index (χ3v) is 7.91. The number of nitrogens with zero attached hydrogens (tertiary/aromatic N) is 5. The zero-order valence-electron chi connectivity index (χ0n) is 23.5. The third-order valence-electron chi connectivity index (χ3n) is 7.91. The van der Waals surface area contributed by atoms with Crippen molar-refractivity contribution in [3.63, 3.8) is 0 Å². The van der Waals surface area contributed by atoms with Crippen LogP contribution in [0.5, 0.6) is 0 Å². The minimum Gasteiger partial charge on any atom is -0.377 e. The van der Waals surface area contributed by atoms with E-state index in [1.54, 1.807) is 11.9 Å². The van der Waals surface area contributed by atoms with Crippen molar-refractivity contribution in [2.45, 2.75) is 32.7 Å². The lowest BCUT2D eigenvalue weighted by atomic mass is 10.0. The summed E-state index contributed by atoms with van der Waals surface area (Å²) in [5, 5.41) is 7.82. The van der Waals surface area contributed by atoms with Gasteiger partial charge in [-0.2, -0.15) is 0 Å². The number of H-pyrrole nitrogens is 1. The van der Waals surface area contributed by atoms with E-state index in [1.807, 2.05) is 46.3 Å². The van der Waals surface area contributed by atoms with Crippen LogP contribution in [0.15, 0.2) is 42.6 Å². The van der Waals surface area contributed by atoms with Gasteiger partial charge in [0.2, 0.25) is 0 Å². The molecule has 10 nitrogen and oxygen atoms in total. The number of fused-ring (bicyclic) bond motifs is 1. The molecule has 208 valence electrons. The topological polar surface area (TPSA) is 99.8 Å². The van der Waals surface area contributed by atoms with Crippen molar-refractivity contribution in [1.82, 2.24) is 25.1 Å². The van der Waals surface area contributed by atoms with Crippen LogP contribution < -0.4 is 20.4 Å². The van der Waals surface area contributed by atoms with Crippen LogP contribution in [-0.2, 0) is 0 Å². The highest BCUT2D eigenvalue weighted by molar-refractivity contribution is 6.00. The Morgan fingerprint density at radius 3 is 2.49 bits per heavy atom. The fourth-order valence-electron chi connectivity index (χ4n) is 5.11. The highest BCUT2D eigenvalue weighted by atomic mass is 16.2. The van der Waals surface area contributed by atoms with Gasteiger partial charge in [-0.15, -0.1) is 0 Å². The second kappa shape index (κ2) is 11.1. The molecule has 2 aliphatic heterocycles. The first-order valence-electron chi connectivity index (χ1n) is 13.9. The molecule has 3 aromatic rings. The standard InChI is InChI=1S/C29H40N8O2/c1-5-29(2,3)33-24-7-6-10-31-26(24)35-15-17-36(18-16-35)27(38)25-20-21-19-22(8-9-23(21)32-25)34(4)28(39)37-13-11-30-12-14-37/h6-10,19-20,30,32-33H,5,11-18H2,1-4H3. The van der Waals surface area contributed by atoms with Gasteiger partial charge in [0.1, 0.15) is 5.69 Å². The first-order chi connectivity index (χ1) is 18.8. The second-order valence-electron chi connectivity index (χ2n) is 11.0. The Morgan fingerprint density at radius 2 is 1.77 bits per heavy atom. The van der Waals surface area contributed by atoms with Gasteiger partial charge in [0.05, 0.1) is 5.69 Å². The summed E-state index contributed by atoms with van der Waals surface area (Å²) in [4.78, 5) is 42.0. The molecule has 2 aromatic heterocycles. The number of carbonyl (C=O) groups is 2. The van der Waals surface area contributed by atoms with E-state index in [9.17, 15) is 9.59 Å². The fourth-order valence-corrected chi connectivity index (χ4v) is 5.11. The maximum Gasteiger partial charge on any atom is 0.324 e. The van der Waals surface area contributed by atoms with Crippen LogP contribution in [0.2, 0.25) is 0 Å². The van der Waals surface area contributed by atoms with Gasteiger partial charge in [-0.1, -0.05) is 6.92 Å². The van der Waals surface area contributed by atoms with Crippen molar-refractivity contribution in [3.05, 3.63) is 48.3 Å². The first kappa shape index (κ1) is 26.8. The molecule has 39 heavy (non-hydrogen) atoms. The Balaban J connectivity index is 1.24. The lowest BCUT2D eigenvalue weighted by Gasteiger charge is -2.37. The predicted octanol–water partition coefficient (Wildman–Crippen LogP) is 3.59. The zero-order chi connectivity index (χ0) is 27.6. The van der Waals surface area contributed by atoms with Gasteiger partial charge >= 0.3 is 6.03 Å². The molecule has 10 heteroatoms. The molecule has 0 radical (unpaired) electrons. The van der Waals surface area contributed by atoms with Crippen LogP contribution in [-0.4, -0.2) is 96.7 Å². The number of pyridine rings is 1. The van der Waals surface area contributed by atoms with Gasteiger partial charge in [-0.3, -0.25) is 9.69 Å². The number of nitrogens with one attached hydrogen (secondary N) is 3. The van der Waals surface area contributed by atoms with E-state index in [4.69, 9.17) is 0 Å². The number of amides is 3. The van der Waals surface area contributed by atoms with Crippen molar-refractivity contribution in [2.24, 2.45) is 0 Å². The molecule has 0 atom stereocenters. The van der Waals surface area contributed by atoms with E-state index in [0.29, 0.717) is 45.0 Å². The number of benzene rings is 1. The molecule has 0 saturated carbocycles. The summed E-state index contributed by atoms with van der Waals surface area (Å²) < 4.78 is 0. The van der Waals surface area contributed by atoms with Crippen LogP contribution in [0.25, 0.3) is 10.9 Å². The Bertz CT molecular complexity index is 1320. The smallest absolute Gasteiger partial charge is 0.324 e. The number of rotatable bonds is 6. The Morgan fingerprint density at radius 1 is 1.03 bits per heavy atom. The first-order valence-corrected chi connectivity index (χ1v) is 13.9. The molecule has 5 rings (SSSR count). The fraction of sp³-hybridized carbons (Fsp3) is 0.483. The van der Waals surface area contributed by atoms with Crippen molar-refractivity contribution in [1.29, 1.82) is 0 Å². The Labute approximate surface area is 230 Å². The average Bonchev–Trinajstić information content (AvgIpc) is 3.40. The number of carbonyl (C=O) groups excluding carboxylic acids is 2. The number of hydrogen-bond donors (Lipinski definition) is 3. The summed E-state index contributed by atoms with van der Waals surface area (Å²) in [6.07, 6.45) is 2.82. The van der Waals surface area contributed by atoms with Gasteiger partial charge in [0.15, 0.2) is 5.82 Å². The lowest BCUT2D eigenvalue weighted by Crippen LogP contribution is -2.50. The van der Waals surface area contributed by atoms with Gasteiger partial charge in [-0.05, 0) is 56.7 Å². The van der Waals surface area contributed by atoms with Gasteiger partial charge < -0.3 is 30.3 Å². The molecule has 0 aliphatic carbocycles. The van der Waals surface area contributed by atoms with Crippen molar-refractivity contribution >= 4 is 40.0 Å². The number of anilines is 3. The Hall–Kier alpha value is -3.79. The summed E-state index contributed by atoms with van der Waals surface area (Å²) in [6.45, 7) is 12.2. The number of aromatic nitrogens is 2. The van der Waals surface area contributed by atoms with Crippen molar-refractivity contribution in [3.8, 4) is 0 Å². The second-order valence-corrected chi connectivity index (χ2v) is 11.0. The molecular weight excluding hydrogens is 492 g/mol. The van der Waals surface area contributed by atoms with E-state index < -0.39 is 0 Å². The zero-order valence-corrected chi connectivity index (χ0v) is 23.5. The van der Waals surface area contributed by atoms with E-state index in [0.717, 1.165) is 47.6 Å². The summed E-state index contributed by atoms with van der Waals surface area (Å²) >= 11 is 0. The summed E-state index contributed by atoms with van der Waals surface area (Å²) in [5.74, 6) is 0.924. The largest absolute Gasteiger partial charge is 0.377 e. The molecule has 3 N–H and O–H groups in total. The quantitative estimate of drug-likeness (QED) is 0.449. The number of hydrogen-bond acceptors (Lipinski definition) is 6. The van der Waals surface area contributed by atoms with Gasteiger partial charge in [-0.25, -0.2) is 9.78 Å². The summed E-state index contributed by atoms with van der Waals surface area (Å²) in [6, 6.07) is 11.7. The minimum atomic E-state index is -0.0296. The van der Waals surface area contributed by atoms with Crippen molar-refractivity contribution in [2.75, 3.05) is 74.5 Å². The van der Waals surface area contributed by atoms with Crippen LogP contribution in [0.3, 0.4) is 0 Å². The SMILES string of the molecule is CCC(C)(C)Nc1cccnc1N1CCN(C(=O)c2cc3cc(N(C)C(=O)N4CCNCC4)ccc3[nH]2)CC1. The molecule has 0 unspecified atom stereocenters. The van der Waals surface area contributed by atoms with E-state index in [1.165, 1.54) is 0 Å². The molecule has 2 aliphatic rings. The monoisotopic (exact) mass is 532 g/mol. The summed E-state index contributed by atoms with van der Waals surface area (Å²) in [7, 11) is 1.80. The van der Waals surface area contributed by atoms with E-state index >= 15 is 0 Å². The predicted molar refractivity (Wildman–Crippen MR) is 157 cm³/mol. The van der Waals surface area contributed by atoms with Gasteiger partial charge in [0, 0.05) is 87.7 Å². The maximum atomic E-state index is 13.4. The van der Waals surface area contributed by atoms with Gasteiger partial charge in [0.25, 0.3) is 5.91 Å². The Kier molecular flexibility index (Phi) is 7.65. The van der Waals surface area contributed by atoms with Crippen LogP contribution in [0.4, 0.5) is 22.0 Å². The number of urea groups is 1. The van der Waals surface area contributed by atoms with Crippen LogP contribution in [0.1, 0.15) is 37.7 Å². The molecule has 4 heterocycles. The average molecular weight is 533 g/mol. The van der Waals surface area contributed by atoms with E-state index in [2.05, 4.69) is 52.3 Å². The lowest BCUT2D eigenvalue weighted by molar-refractivity contribution is 0.0741. The van der Waals surface area contributed by atoms with Crippen molar-refractivity contribution < 1.29 is 9.59 Å². The molecule has 2 fully saturated rings. The molecule has 2 saturated heterocycles. The highest BCUT2D eigenvalue weighted by Gasteiger charge is 2.27. The van der Waals surface area contributed by atoms with Crippen LogP contribution >= 0.6 is 0 Å². The van der Waals surface area contributed by atoms with Crippen LogP contribution in [0, 0.1) is 0 Å². The maximum absolute atomic E-state index is 13.4. The normalized spacial score (nSPS) is 16.5. The third kappa shape index (κ3) is 5.80. The molecular formula is C29H40N8O2. The molecule has 0 spiro atoms. The van der Waals surface area contributed by atoms with E-state index in [-0.39, 0.29) is 17.5 Å².